The maximum absolute atomic E-state index is 12.9. The summed E-state index contributed by atoms with van der Waals surface area (Å²) in [6.07, 6.45) is 0.807. The zero-order chi connectivity index (χ0) is 20.1. The molecule has 0 spiro atoms. The molecule has 0 aromatic heterocycles. The Hall–Kier alpha value is -3.15. The standard InChI is InChI=1S/C22H22N2O4/c1-4-11-23-17-10-9-14(12-18(17)28-13-22(2,3)21(23)27)24-19(25)15-7-5-6-8-16(15)20(24)26/h5-10,12H,4,11,13H2,1-3H3. The number of ether oxygens (including phenoxy) is 1. The molecular formula is C22H22N2O4. The lowest BCUT2D eigenvalue weighted by atomic mass is 9.93. The van der Waals surface area contributed by atoms with Gasteiger partial charge in [-0.25, -0.2) is 4.90 Å². The second-order valence-corrected chi connectivity index (χ2v) is 7.77. The van der Waals surface area contributed by atoms with Crippen LogP contribution in [0.5, 0.6) is 5.75 Å². The summed E-state index contributed by atoms with van der Waals surface area (Å²) in [4.78, 5) is 41.4. The highest BCUT2D eigenvalue weighted by Gasteiger charge is 2.39. The average Bonchev–Trinajstić information content (AvgIpc) is 2.89. The van der Waals surface area contributed by atoms with Gasteiger partial charge in [0.05, 0.1) is 27.9 Å². The molecule has 0 N–H and O–H groups in total. The summed E-state index contributed by atoms with van der Waals surface area (Å²) in [5, 5.41) is 0. The first-order chi connectivity index (χ1) is 13.3. The van der Waals surface area contributed by atoms with E-state index in [2.05, 4.69) is 0 Å². The van der Waals surface area contributed by atoms with Crippen molar-refractivity contribution in [3.63, 3.8) is 0 Å². The molecule has 144 valence electrons. The SMILES string of the molecule is CCCN1C(=O)C(C)(C)COc2cc(N3C(=O)c4ccccc4C3=O)ccc21. The van der Waals surface area contributed by atoms with E-state index in [1.807, 2.05) is 20.8 Å². The molecule has 2 aliphatic heterocycles. The topological polar surface area (TPSA) is 66.9 Å². The Balaban J connectivity index is 1.76. The van der Waals surface area contributed by atoms with Crippen molar-refractivity contribution in [2.75, 3.05) is 23.0 Å². The zero-order valence-electron chi connectivity index (χ0n) is 16.2. The number of carbonyl (C=O) groups is 3. The fourth-order valence-electron chi connectivity index (χ4n) is 3.64. The molecule has 2 aliphatic rings. The van der Waals surface area contributed by atoms with E-state index in [-0.39, 0.29) is 24.3 Å². The van der Waals surface area contributed by atoms with Crippen LogP contribution < -0.4 is 14.5 Å². The minimum absolute atomic E-state index is 0.00146. The summed E-state index contributed by atoms with van der Waals surface area (Å²) in [7, 11) is 0. The lowest BCUT2D eigenvalue weighted by Crippen LogP contribution is -2.42. The molecule has 0 radical (unpaired) electrons. The van der Waals surface area contributed by atoms with Crippen molar-refractivity contribution in [1.29, 1.82) is 0 Å². The van der Waals surface area contributed by atoms with Crippen LogP contribution in [0.15, 0.2) is 42.5 Å². The molecule has 4 rings (SSSR count). The summed E-state index contributed by atoms with van der Waals surface area (Å²) in [6, 6.07) is 11.9. The first-order valence-electron chi connectivity index (χ1n) is 9.42. The van der Waals surface area contributed by atoms with Gasteiger partial charge in [-0.15, -0.1) is 0 Å². The minimum atomic E-state index is -0.663. The van der Waals surface area contributed by atoms with E-state index in [4.69, 9.17) is 4.74 Å². The smallest absolute Gasteiger partial charge is 0.266 e. The van der Waals surface area contributed by atoms with Crippen LogP contribution in [0.1, 0.15) is 47.9 Å². The molecule has 0 atom stereocenters. The summed E-state index contributed by atoms with van der Waals surface area (Å²) in [6.45, 7) is 6.53. The second kappa shape index (κ2) is 6.48. The number of hydrogen-bond acceptors (Lipinski definition) is 4. The van der Waals surface area contributed by atoms with Gasteiger partial charge in [-0.2, -0.15) is 0 Å². The van der Waals surface area contributed by atoms with Gasteiger partial charge in [0.1, 0.15) is 12.4 Å². The van der Waals surface area contributed by atoms with Gasteiger partial charge >= 0.3 is 0 Å². The molecule has 2 heterocycles. The van der Waals surface area contributed by atoms with Crippen LogP contribution in [0.3, 0.4) is 0 Å². The Morgan fingerprint density at radius 3 is 2.25 bits per heavy atom. The molecule has 3 amide bonds. The lowest BCUT2D eigenvalue weighted by molar-refractivity contribution is -0.127. The van der Waals surface area contributed by atoms with Crippen LogP contribution >= 0.6 is 0 Å². The number of nitrogens with zero attached hydrogens (tertiary/aromatic N) is 2. The van der Waals surface area contributed by atoms with Crippen LogP contribution in [0, 0.1) is 5.41 Å². The molecule has 0 saturated heterocycles. The molecule has 2 aromatic carbocycles. The quantitative estimate of drug-likeness (QED) is 0.765. The monoisotopic (exact) mass is 378 g/mol. The number of carbonyl (C=O) groups excluding carboxylic acids is 3. The van der Waals surface area contributed by atoms with Gasteiger partial charge < -0.3 is 9.64 Å². The molecule has 28 heavy (non-hydrogen) atoms. The van der Waals surface area contributed by atoms with E-state index in [0.29, 0.717) is 34.8 Å². The Kier molecular flexibility index (Phi) is 4.22. The molecular weight excluding hydrogens is 356 g/mol. The predicted octanol–water partition coefficient (Wildman–Crippen LogP) is 3.65. The number of amides is 3. The zero-order valence-corrected chi connectivity index (χ0v) is 16.2. The average molecular weight is 378 g/mol. The summed E-state index contributed by atoms with van der Waals surface area (Å²) >= 11 is 0. The second-order valence-electron chi connectivity index (χ2n) is 7.77. The fourth-order valence-corrected chi connectivity index (χ4v) is 3.64. The maximum Gasteiger partial charge on any atom is 0.266 e. The van der Waals surface area contributed by atoms with Crippen molar-refractivity contribution >= 4 is 29.1 Å². The van der Waals surface area contributed by atoms with Crippen molar-refractivity contribution in [2.24, 2.45) is 5.41 Å². The van der Waals surface area contributed by atoms with Crippen LogP contribution in [-0.4, -0.2) is 30.9 Å². The van der Waals surface area contributed by atoms with Gasteiger partial charge in [0, 0.05) is 12.6 Å². The Bertz CT molecular complexity index is 961. The number of hydrogen-bond donors (Lipinski definition) is 0. The van der Waals surface area contributed by atoms with E-state index >= 15 is 0 Å². The van der Waals surface area contributed by atoms with Gasteiger partial charge in [-0.1, -0.05) is 19.1 Å². The first-order valence-corrected chi connectivity index (χ1v) is 9.42. The van der Waals surface area contributed by atoms with E-state index in [1.165, 1.54) is 0 Å². The number of fused-ring (bicyclic) bond motifs is 2. The Labute approximate surface area is 163 Å². The minimum Gasteiger partial charge on any atom is -0.490 e. The van der Waals surface area contributed by atoms with Crippen molar-refractivity contribution in [1.82, 2.24) is 0 Å². The molecule has 0 aliphatic carbocycles. The third kappa shape index (κ3) is 2.68. The number of rotatable bonds is 3. The van der Waals surface area contributed by atoms with Gasteiger partial charge in [-0.05, 0) is 44.5 Å². The van der Waals surface area contributed by atoms with Gasteiger partial charge in [-0.3, -0.25) is 14.4 Å². The highest BCUT2D eigenvalue weighted by atomic mass is 16.5. The van der Waals surface area contributed by atoms with Crippen LogP contribution in [-0.2, 0) is 4.79 Å². The molecule has 0 unspecified atom stereocenters. The van der Waals surface area contributed by atoms with Gasteiger partial charge in [0.2, 0.25) is 5.91 Å². The third-order valence-corrected chi connectivity index (χ3v) is 5.15. The molecule has 0 saturated carbocycles. The molecule has 2 aromatic rings. The Morgan fingerprint density at radius 2 is 1.64 bits per heavy atom. The molecule has 6 heteroatoms. The van der Waals surface area contributed by atoms with Crippen molar-refractivity contribution in [3.8, 4) is 5.75 Å². The first kappa shape index (κ1) is 18.2. The van der Waals surface area contributed by atoms with Crippen LogP contribution in [0.25, 0.3) is 0 Å². The van der Waals surface area contributed by atoms with E-state index in [9.17, 15) is 14.4 Å². The van der Waals surface area contributed by atoms with E-state index < -0.39 is 5.41 Å². The molecule has 0 fully saturated rings. The van der Waals surface area contributed by atoms with Crippen molar-refractivity contribution in [3.05, 3.63) is 53.6 Å². The summed E-state index contributed by atoms with van der Waals surface area (Å²) < 4.78 is 5.95. The normalized spacial score (nSPS) is 17.9. The third-order valence-electron chi connectivity index (χ3n) is 5.15. The van der Waals surface area contributed by atoms with Gasteiger partial charge in [0.15, 0.2) is 0 Å². The highest BCUT2D eigenvalue weighted by molar-refractivity contribution is 6.34. The van der Waals surface area contributed by atoms with Gasteiger partial charge in [0.25, 0.3) is 11.8 Å². The number of imide groups is 1. The molecule has 0 bridgehead atoms. The lowest BCUT2D eigenvalue weighted by Gasteiger charge is -2.27. The van der Waals surface area contributed by atoms with E-state index in [0.717, 1.165) is 11.3 Å². The van der Waals surface area contributed by atoms with Crippen LogP contribution in [0.4, 0.5) is 11.4 Å². The highest BCUT2D eigenvalue weighted by Crippen LogP contribution is 2.40. The molecule has 6 nitrogen and oxygen atoms in total. The summed E-state index contributed by atoms with van der Waals surface area (Å²) in [5.41, 5.74) is 1.23. The van der Waals surface area contributed by atoms with Crippen LogP contribution in [0.2, 0.25) is 0 Å². The van der Waals surface area contributed by atoms with Crippen molar-refractivity contribution in [2.45, 2.75) is 27.2 Å². The fraction of sp³-hybridized carbons (Fsp3) is 0.318. The maximum atomic E-state index is 12.9. The number of anilines is 2. The largest absolute Gasteiger partial charge is 0.490 e. The number of benzene rings is 2. The predicted molar refractivity (Wildman–Crippen MR) is 106 cm³/mol. The summed E-state index contributed by atoms with van der Waals surface area (Å²) in [5.74, 6) is -0.199. The Morgan fingerprint density at radius 1 is 1.00 bits per heavy atom. The van der Waals surface area contributed by atoms with Crippen molar-refractivity contribution < 1.29 is 19.1 Å². The van der Waals surface area contributed by atoms with E-state index in [1.54, 1.807) is 47.4 Å².